The van der Waals surface area contributed by atoms with Crippen LogP contribution in [0.2, 0.25) is 0 Å². The highest BCUT2D eigenvalue weighted by Gasteiger charge is 2.26. The monoisotopic (exact) mass is 398 g/mol. The van der Waals surface area contributed by atoms with E-state index in [4.69, 9.17) is 0 Å². The third-order valence-corrected chi connectivity index (χ3v) is 5.41. The van der Waals surface area contributed by atoms with Gasteiger partial charge < -0.3 is 10.2 Å². The molecule has 0 radical (unpaired) electrons. The lowest BCUT2D eigenvalue weighted by atomic mass is 9.96. The Balaban J connectivity index is 1.65. The number of rotatable bonds is 5. The number of hydrogen-bond donors (Lipinski definition) is 1. The van der Waals surface area contributed by atoms with Crippen LogP contribution in [0.25, 0.3) is 0 Å². The van der Waals surface area contributed by atoms with Gasteiger partial charge in [0.1, 0.15) is 11.6 Å². The second kappa shape index (κ2) is 9.11. The lowest BCUT2D eigenvalue weighted by molar-refractivity contribution is -0.130. The van der Waals surface area contributed by atoms with E-state index in [1.807, 2.05) is 18.7 Å². The van der Waals surface area contributed by atoms with Crippen molar-refractivity contribution in [2.24, 2.45) is 0 Å². The van der Waals surface area contributed by atoms with Gasteiger partial charge in [-0.1, -0.05) is 12.1 Å². The largest absolute Gasteiger partial charge is 0.352 e. The van der Waals surface area contributed by atoms with Gasteiger partial charge in [0.15, 0.2) is 0 Å². The number of carbonyl (C=O) groups excluding carboxylic acids is 2. The average molecular weight is 398 g/mol. The maximum absolute atomic E-state index is 13.0. The molecular formula is C22H27FN4O2. The molecule has 2 aromatic rings. The first-order valence-corrected chi connectivity index (χ1v) is 9.94. The minimum absolute atomic E-state index is 0.0811. The molecule has 6 nitrogen and oxygen atoms in total. The number of nitrogens with zero attached hydrogens (tertiary/aromatic N) is 3. The molecule has 0 unspecified atom stereocenters. The molecular weight excluding hydrogens is 371 g/mol. The Labute approximate surface area is 170 Å². The third kappa shape index (κ3) is 5.37. The van der Waals surface area contributed by atoms with Gasteiger partial charge in [-0.2, -0.15) is 0 Å². The summed E-state index contributed by atoms with van der Waals surface area (Å²) in [7, 11) is 0. The minimum Gasteiger partial charge on any atom is -0.352 e. The van der Waals surface area contributed by atoms with E-state index in [1.165, 1.54) is 12.1 Å². The second-order valence-corrected chi connectivity index (χ2v) is 7.62. The molecule has 1 aromatic heterocycles. The van der Waals surface area contributed by atoms with Crippen LogP contribution in [0.5, 0.6) is 0 Å². The fraction of sp³-hybridized carbons (Fsp3) is 0.455. The van der Waals surface area contributed by atoms with E-state index >= 15 is 0 Å². The lowest BCUT2D eigenvalue weighted by Crippen LogP contribution is -2.38. The fourth-order valence-corrected chi connectivity index (χ4v) is 3.70. The molecule has 1 aliphatic rings. The van der Waals surface area contributed by atoms with Crippen molar-refractivity contribution in [2.75, 3.05) is 13.1 Å². The SMILES string of the molecule is CC(=O)N1CCC[C@H](c2nc(C)c(CC(=O)NCc3ccc(F)cc3)c(C)n2)C1. The normalized spacial score (nSPS) is 16.6. The average Bonchev–Trinajstić information content (AvgIpc) is 2.70. The van der Waals surface area contributed by atoms with Gasteiger partial charge in [0.2, 0.25) is 11.8 Å². The van der Waals surface area contributed by atoms with Gasteiger partial charge in [0.25, 0.3) is 0 Å². The van der Waals surface area contributed by atoms with Crippen molar-refractivity contribution in [2.45, 2.75) is 52.5 Å². The van der Waals surface area contributed by atoms with Crippen molar-refractivity contribution in [3.63, 3.8) is 0 Å². The molecule has 7 heteroatoms. The Hall–Kier alpha value is -2.83. The number of aryl methyl sites for hydroxylation is 2. The molecule has 0 spiro atoms. The van der Waals surface area contributed by atoms with Crippen LogP contribution in [0, 0.1) is 19.7 Å². The number of halogens is 1. The van der Waals surface area contributed by atoms with Crippen molar-refractivity contribution in [1.82, 2.24) is 20.2 Å². The molecule has 1 atom stereocenters. The second-order valence-electron chi connectivity index (χ2n) is 7.62. The molecule has 29 heavy (non-hydrogen) atoms. The van der Waals surface area contributed by atoms with Crippen LogP contribution in [-0.2, 0) is 22.6 Å². The number of likely N-dealkylation sites (tertiary alicyclic amines) is 1. The van der Waals surface area contributed by atoms with E-state index in [-0.39, 0.29) is 30.0 Å². The number of hydrogen-bond acceptors (Lipinski definition) is 4. The predicted molar refractivity (Wildman–Crippen MR) is 108 cm³/mol. The van der Waals surface area contributed by atoms with Crippen LogP contribution in [0.15, 0.2) is 24.3 Å². The van der Waals surface area contributed by atoms with Crippen LogP contribution in [-0.4, -0.2) is 39.8 Å². The van der Waals surface area contributed by atoms with Crippen LogP contribution in [0.3, 0.4) is 0 Å². The zero-order valence-corrected chi connectivity index (χ0v) is 17.2. The maximum atomic E-state index is 13.0. The number of aromatic nitrogens is 2. The highest BCUT2D eigenvalue weighted by atomic mass is 19.1. The first-order chi connectivity index (χ1) is 13.8. The molecule has 0 aliphatic carbocycles. The van der Waals surface area contributed by atoms with Crippen molar-refractivity contribution >= 4 is 11.8 Å². The molecule has 1 aliphatic heterocycles. The summed E-state index contributed by atoms with van der Waals surface area (Å²) in [4.78, 5) is 35.2. The Morgan fingerprint density at radius 2 is 1.83 bits per heavy atom. The van der Waals surface area contributed by atoms with E-state index < -0.39 is 0 Å². The summed E-state index contributed by atoms with van der Waals surface area (Å²) in [5, 5.41) is 2.86. The van der Waals surface area contributed by atoms with Crippen molar-refractivity contribution in [1.29, 1.82) is 0 Å². The molecule has 1 saturated heterocycles. The Kier molecular flexibility index (Phi) is 6.56. The van der Waals surface area contributed by atoms with Crippen molar-refractivity contribution < 1.29 is 14.0 Å². The van der Waals surface area contributed by atoms with E-state index in [1.54, 1.807) is 19.1 Å². The van der Waals surface area contributed by atoms with E-state index in [2.05, 4.69) is 15.3 Å². The van der Waals surface area contributed by atoms with Gasteiger partial charge in [-0.05, 0) is 44.4 Å². The van der Waals surface area contributed by atoms with Crippen LogP contribution in [0.1, 0.15) is 54.0 Å². The van der Waals surface area contributed by atoms with Crippen molar-refractivity contribution in [3.05, 3.63) is 58.4 Å². The van der Waals surface area contributed by atoms with Crippen molar-refractivity contribution in [3.8, 4) is 0 Å². The van der Waals surface area contributed by atoms with Gasteiger partial charge in [-0.15, -0.1) is 0 Å². The number of carbonyl (C=O) groups is 2. The van der Waals surface area contributed by atoms with Gasteiger partial charge in [-0.3, -0.25) is 9.59 Å². The molecule has 154 valence electrons. The number of nitrogens with one attached hydrogen (secondary N) is 1. The van der Waals surface area contributed by atoms with E-state index in [0.29, 0.717) is 13.1 Å². The molecule has 1 N–H and O–H groups in total. The first-order valence-electron chi connectivity index (χ1n) is 9.94. The molecule has 0 bridgehead atoms. The van der Waals surface area contributed by atoms with Gasteiger partial charge in [0.05, 0.1) is 6.42 Å². The minimum atomic E-state index is -0.298. The summed E-state index contributed by atoms with van der Waals surface area (Å²) in [6.45, 7) is 7.16. The Morgan fingerprint density at radius 3 is 2.45 bits per heavy atom. The summed E-state index contributed by atoms with van der Waals surface area (Å²) in [6.07, 6.45) is 2.10. The zero-order valence-electron chi connectivity index (χ0n) is 17.2. The standard InChI is InChI=1S/C22H27FN4O2/c1-14-20(11-21(29)24-12-17-6-8-19(23)9-7-17)15(2)26-22(25-14)18-5-4-10-27(13-18)16(3)28/h6-9,18H,4-5,10-13H2,1-3H3,(H,24,29)/t18-/m0/s1. The highest BCUT2D eigenvalue weighted by Crippen LogP contribution is 2.26. The highest BCUT2D eigenvalue weighted by molar-refractivity contribution is 5.79. The topological polar surface area (TPSA) is 75.2 Å². The van der Waals surface area contributed by atoms with Crippen LogP contribution in [0.4, 0.5) is 4.39 Å². The molecule has 1 aromatic carbocycles. The van der Waals surface area contributed by atoms with Gasteiger partial charge >= 0.3 is 0 Å². The molecule has 3 rings (SSSR count). The summed E-state index contributed by atoms with van der Waals surface area (Å²) < 4.78 is 13.0. The maximum Gasteiger partial charge on any atom is 0.224 e. The predicted octanol–water partition coefficient (Wildman–Crippen LogP) is 2.82. The van der Waals surface area contributed by atoms with E-state index in [0.717, 1.165) is 47.7 Å². The van der Waals surface area contributed by atoms with Crippen LogP contribution >= 0.6 is 0 Å². The molecule has 2 amide bonds. The lowest BCUT2D eigenvalue weighted by Gasteiger charge is -2.31. The molecule has 1 fully saturated rings. The number of amides is 2. The van der Waals surface area contributed by atoms with Crippen LogP contribution < -0.4 is 5.32 Å². The first kappa shape index (κ1) is 20.9. The Morgan fingerprint density at radius 1 is 1.17 bits per heavy atom. The number of benzene rings is 1. The van der Waals surface area contributed by atoms with E-state index in [9.17, 15) is 14.0 Å². The summed E-state index contributed by atoms with van der Waals surface area (Å²) >= 11 is 0. The fourth-order valence-electron chi connectivity index (χ4n) is 3.70. The smallest absolute Gasteiger partial charge is 0.224 e. The number of piperidine rings is 1. The van der Waals surface area contributed by atoms with Gasteiger partial charge in [0, 0.05) is 49.4 Å². The zero-order chi connectivity index (χ0) is 21.0. The molecule has 2 heterocycles. The Bertz CT molecular complexity index is 875. The van der Waals surface area contributed by atoms with Gasteiger partial charge in [-0.25, -0.2) is 14.4 Å². The molecule has 0 saturated carbocycles. The quantitative estimate of drug-likeness (QED) is 0.840. The third-order valence-electron chi connectivity index (χ3n) is 5.41. The summed E-state index contributed by atoms with van der Waals surface area (Å²) in [6, 6.07) is 6.05. The summed E-state index contributed by atoms with van der Waals surface area (Å²) in [5.41, 5.74) is 3.26. The summed E-state index contributed by atoms with van der Waals surface area (Å²) in [5.74, 6) is 0.538.